The molecule has 0 spiro atoms. The lowest BCUT2D eigenvalue weighted by Gasteiger charge is -2.07. The van der Waals surface area contributed by atoms with Gasteiger partial charge in [-0.2, -0.15) is 0 Å². The standard InChI is InChI=1S/C11H17N3OS/c1-12-11(13-2)14-8-9-16(15)10-6-4-3-5-7-10/h3-7H,8-9H2,1-2H3,(H2,12,13,14)/t16-/m1/s1. The molecule has 2 N–H and O–H groups in total. The molecule has 5 heteroatoms. The Morgan fingerprint density at radius 1 is 1.38 bits per heavy atom. The lowest BCUT2D eigenvalue weighted by molar-refractivity contribution is 0.681. The number of rotatable bonds is 4. The van der Waals surface area contributed by atoms with Crippen LogP contribution in [0.4, 0.5) is 0 Å². The van der Waals surface area contributed by atoms with Crippen LogP contribution in [0.3, 0.4) is 0 Å². The van der Waals surface area contributed by atoms with Gasteiger partial charge >= 0.3 is 0 Å². The third-order valence-electron chi connectivity index (χ3n) is 2.05. The molecular formula is C11H17N3OS. The van der Waals surface area contributed by atoms with Gasteiger partial charge in [0.05, 0.1) is 10.8 Å². The molecule has 0 unspecified atom stereocenters. The van der Waals surface area contributed by atoms with Crippen LogP contribution in [-0.4, -0.2) is 36.6 Å². The molecule has 0 saturated heterocycles. The van der Waals surface area contributed by atoms with E-state index in [-0.39, 0.29) is 0 Å². The molecule has 4 nitrogen and oxygen atoms in total. The van der Waals surface area contributed by atoms with Crippen LogP contribution in [0.5, 0.6) is 0 Å². The minimum absolute atomic E-state index is 0.574. The summed E-state index contributed by atoms with van der Waals surface area (Å²) in [5, 5.41) is 5.97. The molecule has 0 aliphatic heterocycles. The normalized spacial score (nSPS) is 13.2. The van der Waals surface area contributed by atoms with E-state index in [1.807, 2.05) is 30.3 Å². The summed E-state index contributed by atoms with van der Waals surface area (Å²) in [5.74, 6) is 1.29. The van der Waals surface area contributed by atoms with E-state index in [4.69, 9.17) is 0 Å². The number of nitrogens with one attached hydrogen (secondary N) is 2. The summed E-state index contributed by atoms with van der Waals surface area (Å²) >= 11 is 0. The van der Waals surface area contributed by atoms with Gasteiger partial charge in [0.15, 0.2) is 5.96 Å². The van der Waals surface area contributed by atoms with Gasteiger partial charge in [0.1, 0.15) is 0 Å². The molecule has 1 aromatic carbocycles. The first kappa shape index (κ1) is 12.7. The van der Waals surface area contributed by atoms with Crippen molar-refractivity contribution in [1.29, 1.82) is 0 Å². The molecule has 0 amide bonds. The van der Waals surface area contributed by atoms with E-state index in [2.05, 4.69) is 15.6 Å². The summed E-state index contributed by atoms with van der Waals surface area (Å²) in [6, 6.07) is 9.47. The number of guanidine groups is 1. The van der Waals surface area contributed by atoms with Gasteiger partial charge < -0.3 is 10.6 Å². The van der Waals surface area contributed by atoms with Gasteiger partial charge in [-0.15, -0.1) is 0 Å². The van der Waals surface area contributed by atoms with Gasteiger partial charge in [-0.3, -0.25) is 9.20 Å². The second-order valence-electron chi connectivity index (χ2n) is 3.11. The maximum atomic E-state index is 11.8. The monoisotopic (exact) mass is 239 g/mol. The highest BCUT2D eigenvalue weighted by molar-refractivity contribution is 7.85. The molecule has 16 heavy (non-hydrogen) atoms. The zero-order chi connectivity index (χ0) is 11.8. The summed E-state index contributed by atoms with van der Waals surface area (Å²) in [4.78, 5) is 4.84. The Morgan fingerprint density at radius 2 is 2.06 bits per heavy atom. The van der Waals surface area contributed by atoms with Crippen LogP contribution in [0, 0.1) is 0 Å². The Bertz CT molecular complexity index is 365. The fourth-order valence-corrected chi connectivity index (χ4v) is 2.22. The minimum Gasteiger partial charge on any atom is -0.359 e. The van der Waals surface area contributed by atoms with E-state index in [0.29, 0.717) is 18.3 Å². The van der Waals surface area contributed by atoms with E-state index < -0.39 is 10.8 Å². The van der Waals surface area contributed by atoms with Crippen LogP contribution in [-0.2, 0) is 10.8 Å². The molecule has 0 fully saturated rings. The number of benzene rings is 1. The Labute approximate surface area is 98.6 Å². The van der Waals surface area contributed by atoms with Crippen LogP contribution in [0.15, 0.2) is 40.2 Å². The highest BCUT2D eigenvalue weighted by Gasteiger charge is 2.02. The molecule has 88 valence electrons. The van der Waals surface area contributed by atoms with E-state index in [0.717, 1.165) is 4.90 Å². The molecule has 0 heterocycles. The predicted molar refractivity (Wildman–Crippen MR) is 68.1 cm³/mol. The molecule has 0 aliphatic carbocycles. The molecule has 1 rings (SSSR count). The van der Waals surface area contributed by atoms with Crippen molar-refractivity contribution in [2.24, 2.45) is 4.99 Å². The maximum Gasteiger partial charge on any atom is 0.190 e. The predicted octanol–water partition coefficient (Wildman–Crippen LogP) is 0.589. The first-order valence-electron chi connectivity index (χ1n) is 5.09. The van der Waals surface area contributed by atoms with Crippen molar-refractivity contribution in [3.63, 3.8) is 0 Å². The van der Waals surface area contributed by atoms with Crippen LogP contribution in [0.25, 0.3) is 0 Å². The molecule has 1 aromatic rings. The van der Waals surface area contributed by atoms with Gasteiger partial charge in [0.2, 0.25) is 0 Å². The second-order valence-corrected chi connectivity index (χ2v) is 4.68. The first-order valence-corrected chi connectivity index (χ1v) is 6.41. The molecule has 0 aromatic heterocycles. The maximum absolute atomic E-state index is 11.8. The summed E-state index contributed by atoms with van der Waals surface area (Å²) < 4.78 is 11.8. The second kappa shape index (κ2) is 7.00. The first-order chi connectivity index (χ1) is 7.77. The number of aliphatic imine (C=N–C) groups is 1. The third-order valence-corrected chi connectivity index (χ3v) is 3.42. The quantitative estimate of drug-likeness (QED) is 0.597. The number of hydrogen-bond acceptors (Lipinski definition) is 2. The van der Waals surface area contributed by atoms with Crippen LogP contribution < -0.4 is 10.6 Å². The summed E-state index contributed by atoms with van der Waals surface area (Å²) in [5.41, 5.74) is 0. The van der Waals surface area contributed by atoms with Crippen LogP contribution in [0.1, 0.15) is 0 Å². The summed E-state index contributed by atoms with van der Waals surface area (Å²) in [6.45, 7) is 0.634. The molecule has 0 radical (unpaired) electrons. The van der Waals surface area contributed by atoms with Gasteiger partial charge in [0.25, 0.3) is 0 Å². The Balaban J connectivity index is 2.37. The number of nitrogens with zero attached hydrogens (tertiary/aromatic N) is 1. The largest absolute Gasteiger partial charge is 0.359 e. The van der Waals surface area contributed by atoms with E-state index in [1.165, 1.54) is 0 Å². The lowest BCUT2D eigenvalue weighted by Crippen LogP contribution is -2.36. The van der Waals surface area contributed by atoms with E-state index in [1.54, 1.807) is 14.1 Å². The Morgan fingerprint density at radius 3 is 2.62 bits per heavy atom. The SMILES string of the molecule is CN=C(NC)NCC[S@@](=O)c1ccccc1. The topological polar surface area (TPSA) is 53.5 Å². The van der Waals surface area contributed by atoms with Crippen molar-refractivity contribution in [2.75, 3.05) is 26.4 Å². The van der Waals surface area contributed by atoms with Crippen LogP contribution in [0.2, 0.25) is 0 Å². The summed E-state index contributed by atoms with van der Waals surface area (Å²) in [6.07, 6.45) is 0. The zero-order valence-corrected chi connectivity index (χ0v) is 10.4. The Hall–Kier alpha value is -1.36. The van der Waals surface area contributed by atoms with Gasteiger partial charge in [0, 0.05) is 31.3 Å². The molecule has 0 saturated carbocycles. The molecular weight excluding hydrogens is 222 g/mol. The minimum atomic E-state index is -0.949. The van der Waals surface area contributed by atoms with Crippen molar-refractivity contribution in [2.45, 2.75) is 4.90 Å². The highest BCUT2D eigenvalue weighted by Crippen LogP contribution is 2.04. The fourth-order valence-electron chi connectivity index (χ4n) is 1.23. The van der Waals surface area contributed by atoms with Crippen molar-refractivity contribution in [3.8, 4) is 0 Å². The fraction of sp³-hybridized carbons (Fsp3) is 0.364. The average molecular weight is 239 g/mol. The molecule has 0 aliphatic rings. The van der Waals surface area contributed by atoms with E-state index in [9.17, 15) is 4.21 Å². The van der Waals surface area contributed by atoms with Crippen LogP contribution >= 0.6 is 0 Å². The smallest absolute Gasteiger partial charge is 0.190 e. The molecule has 1 atom stereocenters. The van der Waals surface area contributed by atoms with Crippen molar-refractivity contribution in [1.82, 2.24) is 10.6 Å². The van der Waals surface area contributed by atoms with Crippen molar-refractivity contribution in [3.05, 3.63) is 30.3 Å². The van der Waals surface area contributed by atoms with E-state index >= 15 is 0 Å². The highest BCUT2D eigenvalue weighted by atomic mass is 32.2. The summed E-state index contributed by atoms with van der Waals surface area (Å²) in [7, 11) is 2.55. The Kier molecular flexibility index (Phi) is 5.56. The van der Waals surface area contributed by atoms with Crippen molar-refractivity contribution < 1.29 is 4.21 Å². The average Bonchev–Trinajstić information content (AvgIpc) is 2.35. The van der Waals surface area contributed by atoms with Gasteiger partial charge in [-0.1, -0.05) is 18.2 Å². The lowest BCUT2D eigenvalue weighted by atomic mass is 10.4. The molecule has 0 bridgehead atoms. The van der Waals surface area contributed by atoms with Crippen molar-refractivity contribution >= 4 is 16.8 Å². The number of hydrogen-bond donors (Lipinski definition) is 2. The zero-order valence-electron chi connectivity index (χ0n) is 9.56. The third kappa shape index (κ3) is 4.02. The van der Waals surface area contributed by atoms with Gasteiger partial charge in [-0.25, -0.2) is 0 Å². The van der Waals surface area contributed by atoms with Gasteiger partial charge in [-0.05, 0) is 12.1 Å².